The number of nitrogens with one attached hydrogen (secondary N) is 1. The lowest BCUT2D eigenvalue weighted by molar-refractivity contribution is 0.326. The first kappa shape index (κ1) is 14.2. The maximum atomic E-state index is 6.15. The van der Waals surface area contributed by atoms with E-state index in [0.717, 1.165) is 17.8 Å². The average Bonchev–Trinajstić information content (AvgIpc) is 2.26. The van der Waals surface area contributed by atoms with Gasteiger partial charge in [-0.25, -0.2) is 0 Å². The molecule has 0 aliphatic carbocycles. The third-order valence-corrected chi connectivity index (χ3v) is 3.27. The Balaban J connectivity index is 2.70. The second-order valence-corrected chi connectivity index (χ2v) is 5.10. The summed E-state index contributed by atoms with van der Waals surface area (Å²) in [7, 11) is 4.09. The molecule has 0 saturated carbocycles. The van der Waals surface area contributed by atoms with Crippen LogP contribution >= 0.6 is 23.8 Å². The van der Waals surface area contributed by atoms with Gasteiger partial charge >= 0.3 is 0 Å². The molecule has 0 spiro atoms. The molecule has 5 heteroatoms. The van der Waals surface area contributed by atoms with E-state index in [1.165, 1.54) is 0 Å². The Labute approximate surface area is 113 Å². The normalized spacial score (nSPS) is 12.5. The summed E-state index contributed by atoms with van der Waals surface area (Å²) >= 11 is 11.0. The Kier molecular flexibility index (Phi) is 5.18. The summed E-state index contributed by atoms with van der Waals surface area (Å²) in [6, 6.07) is 5.99. The van der Waals surface area contributed by atoms with Crippen molar-refractivity contribution in [2.24, 2.45) is 5.73 Å². The van der Waals surface area contributed by atoms with Gasteiger partial charge in [-0.3, -0.25) is 0 Å². The summed E-state index contributed by atoms with van der Waals surface area (Å²) in [4.78, 5) is 2.50. The summed E-state index contributed by atoms with van der Waals surface area (Å²) in [6.45, 7) is 2.98. The Bertz CT molecular complexity index is 407. The molecule has 94 valence electrons. The van der Waals surface area contributed by atoms with Gasteiger partial charge in [0.2, 0.25) is 0 Å². The Morgan fingerprint density at radius 1 is 1.53 bits per heavy atom. The quantitative estimate of drug-likeness (QED) is 0.807. The fourth-order valence-corrected chi connectivity index (χ4v) is 1.63. The molecule has 0 amide bonds. The molecule has 3 N–H and O–H groups in total. The average molecular weight is 272 g/mol. The second-order valence-electron chi connectivity index (χ2n) is 4.25. The topological polar surface area (TPSA) is 41.3 Å². The Morgan fingerprint density at radius 3 is 2.65 bits per heavy atom. The standard InChI is InChI=1S/C12H18ClN3S/c1-8(16(2)3)7-15-11-5-4-9(12(14)17)6-10(11)13/h4-6,8,15H,7H2,1-3H3,(H2,14,17). The number of halogens is 1. The first-order valence-electron chi connectivity index (χ1n) is 5.41. The monoisotopic (exact) mass is 271 g/mol. The third-order valence-electron chi connectivity index (χ3n) is 2.72. The van der Waals surface area contributed by atoms with Crippen LogP contribution in [0.25, 0.3) is 0 Å². The molecule has 0 bridgehead atoms. The summed E-state index contributed by atoms with van der Waals surface area (Å²) in [5, 5.41) is 3.94. The van der Waals surface area contributed by atoms with Crippen molar-refractivity contribution < 1.29 is 0 Å². The van der Waals surface area contributed by atoms with Gasteiger partial charge in [0, 0.05) is 18.2 Å². The molecule has 0 aliphatic heterocycles. The van der Waals surface area contributed by atoms with Gasteiger partial charge in [-0.15, -0.1) is 0 Å². The number of nitrogens with zero attached hydrogens (tertiary/aromatic N) is 1. The van der Waals surface area contributed by atoms with Crippen molar-refractivity contribution >= 4 is 34.5 Å². The molecule has 0 fully saturated rings. The van der Waals surface area contributed by atoms with E-state index in [0.29, 0.717) is 16.1 Å². The zero-order valence-corrected chi connectivity index (χ0v) is 11.9. The van der Waals surface area contributed by atoms with Crippen LogP contribution in [0.1, 0.15) is 12.5 Å². The number of thiocarbonyl (C=S) groups is 1. The molecular weight excluding hydrogens is 254 g/mol. The lowest BCUT2D eigenvalue weighted by Gasteiger charge is -2.21. The lowest BCUT2D eigenvalue weighted by atomic mass is 10.2. The molecule has 1 rings (SSSR count). The van der Waals surface area contributed by atoms with Crippen molar-refractivity contribution in [1.29, 1.82) is 0 Å². The SMILES string of the molecule is CC(CNc1ccc(C(N)=S)cc1Cl)N(C)C. The smallest absolute Gasteiger partial charge is 0.104 e. The van der Waals surface area contributed by atoms with E-state index < -0.39 is 0 Å². The van der Waals surface area contributed by atoms with Crippen LogP contribution in [-0.2, 0) is 0 Å². The van der Waals surface area contributed by atoms with Crippen LogP contribution in [0.5, 0.6) is 0 Å². The molecule has 0 heterocycles. The van der Waals surface area contributed by atoms with Crippen molar-refractivity contribution in [2.45, 2.75) is 13.0 Å². The number of likely N-dealkylation sites (N-methyl/N-ethyl adjacent to an activating group) is 1. The number of nitrogens with two attached hydrogens (primary N) is 1. The second kappa shape index (κ2) is 6.19. The van der Waals surface area contributed by atoms with Crippen molar-refractivity contribution in [3.63, 3.8) is 0 Å². The fraction of sp³-hybridized carbons (Fsp3) is 0.417. The van der Waals surface area contributed by atoms with Gasteiger partial charge in [-0.2, -0.15) is 0 Å². The van der Waals surface area contributed by atoms with Crippen molar-refractivity contribution in [3.05, 3.63) is 28.8 Å². The molecule has 1 aromatic carbocycles. The number of rotatable bonds is 5. The van der Waals surface area contributed by atoms with Crippen molar-refractivity contribution in [2.75, 3.05) is 26.0 Å². The molecule has 0 radical (unpaired) electrons. The van der Waals surface area contributed by atoms with Crippen LogP contribution in [0.15, 0.2) is 18.2 Å². The predicted octanol–water partition coefficient (Wildman–Crippen LogP) is 2.34. The summed E-state index contributed by atoms with van der Waals surface area (Å²) in [5.41, 5.74) is 7.23. The number of hydrogen-bond donors (Lipinski definition) is 2. The Morgan fingerprint density at radius 2 is 2.18 bits per heavy atom. The molecule has 0 aliphatic rings. The zero-order valence-electron chi connectivity index (χ0n) is 10.3. The zero-order chi connectivity index (χ0) is 13.0. The van der Waals surface area contributed by atoms with E-state index in [4.69, 9.17) is 29.6 Å². The van der Waals surface area contributed by atoms with Gasteiger partial charge in [0.05, 0.1) is 10.7 Å². The van der Waals surface area contributed by atoms with Gasteiger partial charge in [0.1, 0.15) is 4.99 Å². The fourth-order valence-electron chi connectivity index (χ4n) is 1.25. The number of anilines is 1. The largest absolute Gasteiger partial charge is 0.389 e. The molecule has 1 unspecified atom stereocenters. The number of benzene rings is 1. The highest BCUT2D eigenvalue weighted by atomic mass is 35.5. The van der Waals surface area contributed by atoms with E-state index in [1.807, 2.05) is 26.2 Å². The van der Waals surface area contributed by atoms with Crippen LogP contribution in [-0.4, -0.2) is 36.6 Å². The minimum atomic E-state index is 0.361. The van der Waals surface area contributed by atoms with Gasteiger partial charge in [0.15, 0.2) is 0 Å². The Hall–Kier alpha value is -0.840. The summed E-state index contributed by atoms with van der Waals surface area (Å²) in [5.74, 6) is 0. The van der Waals surface area contributed by atoms with E-state index >= 15 is 0 Å². The van der Waals surface area contributed by atoms with Crippen LogP contribution in [0, 0.1) is 0 Å². The van der Waals surface area contributed by atoms with E-state index in [2.05, 4.69) is 17.1 Å². The molecule has 0 saturated heterocycles. The summed E-state index contributed by atoms with van der Waals surface area (Å²) < 4.78 is 0. The lowest BCUT2D eigenvalue weighted by Crippen LogP contribution is -2.31. The minimum absolute atomic E-state index is 0.361. The van der Waals surface area contributed by atoms with Gasteiger partial charge < -0.3 is 16.0 Å². The van der Waals surface area contributed by atoms with Crippen LogP contribution in [0.4, 0.5) is 5.69 Å². The van der Waals surface area contributed by atoms with E-state index in [-0.39, 0.29) is 0 Å². The van der Waals surface area contributed by atoms with Crippen molar-refractivity contribution in [1.82, 2.24) is 4.90 Å². The molecule has 1 aromatic rings. The first-order valence-corrected chi connectivity index (χ1v) is 6.20. The molecule has 3 nitrogen and oxygen atoms in total. The summed E-state index contributed by atoms with van der Waals surface area (Å²) in [6.07, 6.45) is 0. The molecular formula is C12H18ClN3S. The first-order chi connectivity index (χ1) is 7.91. The highest BCUT2D eigenvalue weighted by Gasteiger charge is 2.07. The van der Waals surface area contributed by atoms with Crippen LogP contribution in [0.3, 0.4) is 0 Å². The molecule has 1 atom stereocenters. The predicted molar refractivity (Wildman–Crippen MR) is 79.0 cm³/mol. The van der Waals surface area contributed by atoms with Gasteiger partial charge in [0.25, 0.3) is 0 Å². The van der Waals surface area contributed by atoms with Crippen molar-refractivity contribution in [3.8, 4) is 0 Å². The minimum Gasteiger partial charge on any atom is -0.389 e. The molecule has 17 heavy (non-hydrogen) atoms. The van der Waals surface area contributed by atoms with Gasteiger partial charge in [-0.05, 0) is 39.2 Å². The highest BCUT2D eigenvalue weighted by molar-refractivity contribution is 7.80. The van der Waals surface area contributed by atoms with Gasteiger partial charge in [-0.1, -0.05) is 23.8 Å². The van der Waals surface area contributed by atoms with E-state index in [1.54, 1.807) is 6.07 Å². The van der Waals surface area contributed by atoms with Crippen LogP contribution < -0.4 is 11.1 Å². The maximum absolute atomic E-state index is 6.15. The van der Waals surface area contributed by atoms with E-state index in [9.17, 15) is 0 Å². The highest BCUT2D eigenvalue weighted by Crippen LogP contribution is 2.23. The van der Waals surface area contributed by atoms with Crippen LogP contribution in [0.2, 0.25) is 5.02 Å². The molecule has 0 aromatic heterocycles. The number of hydrogen-bond acceptors (Lipinski definition) is 3. The third kappa shape index (κ3) is 4.15. The maximum Gasteiger partial charge on any atom is 0.104 e.